The number of benzene rings is 2. The summed E-state index contributed by atoms with van der Waals surface area (Å²) in [6, 6.07) is 12.5. The minimum atomic E-state index is -0.385. The quantitative estimate of drug-likeness (QED) is 0.457. The largest absolute Gasteiger partial charge is 0.349 e. The standard InChI is InChI=1S/C22H23F2N5O2/c1-15-20(29(30)31)22(26(2)25-15)28-13-11-27(12-14-28)21(16-3-7-18(23)8-4-16)17-5-9-19(24)10-6-17/h3-10,21H,11-14H2,1-2H3. The Labute approximate surface area is 178 Å². The zero-order chi connectivity index (χ0) is 22.1. The Balaban J connectivity index is 1.61. The molecule has 2 aromatic carbocycles. The van der Waals surface area contributed by atoms with Gasteiger partial charge in [0, 0.05) is 33.2 Å². The average molecular weight is 427 g/mol. The Hall–Kier alpha value is -3.33. The number of hydrogen-bond donors (Lipinski definition) is 0. The molecule has 1 aromatic heterocycles. The van der Waals surface area contributed by atoms with E-state index in [4.69, 9.17) is 0 Å². The SMILES string of the molecule is Cc1nn(C)c(N2CCN(C(c3ccc(F)cc3)c3ccc(F)cc3)CC2)c1[N+](=O)[O-]. The molecule has 9 heteroatoms. The zero-order valence-corrected chi connectivity index (χ0v) is 17.3. The first kappa shape index (κ1) is 20.9. The molecule has 0 unspecified atom stereocenters. The van der Waals surface area contributed by atoms with Gasteiger partial charge in [0.05, 0.1) is 11.0 Å². The maximum absolute atomic E-state index is 13.5. The lowest BCUT2D eigenvalue weighted by Gasteiger charge is -2.40. The number of aryl methyl sites for hydroxylation is 2. The molecule has 31 heavy (non-hydrogen) atoms. The van der Waals surface area contributed by atoms with Crippen molar-refractivity contribution in [2.45, 2.75) is 13.0 Å². The fraction of sp³-hybridized carbons (Fsp3) is 0.318. The van der Waals surface area contributed by atoms with Crippen molar-refractivity contribution < 1.29 is 13.7 Å². The lowest BCUT2D eigenvalue weighted by molar-refractivity contribution is -0.384. The molecule has 0 saturated carbocycles. The average Bonchev–Trinajstić information content (AvgIpc) is 3.05. The lowest BCUT2D eigenvalue weighted by atomic mass is 9.96. The van der Waals surface area contributed by atoms with Gasteiger partial charge in [-0.3, -0.25) is 15.0 Å². The minimum Gasteiger partial charge on any atom is -0.349 e. The third-order valence-corrected chi connectivity index (χ3v) is 5.69. The van der Waals surface area contributed by atoms with Crippen molar-refractivity contribution in [3.63, 3.8) is 0 Å². The van der Waals surface area contributed by atoms with Gasteiger partial charge in [0.2, 0.25) is 5.82 Å². The van der Waals surface area contributed by atoms with Crippen LogP contribution >= 0.6 is 0 Å². The van der Waals surface area contributed by atoms with E-state index in [1.165, 1.54) is 24.3 Å². The third kappa shape index (κ3) is 4.13. The predicted molar refractivity (Wildman–Crippen MR) is 113 cm³/mol. The molecule has 0 aliphatic carbocycles. The van der Waals surface area contributed by atoms with Crippen LogP contribution < -0.4 is 4.90 Å². The van der Waals surface area contributed by atoms with Crippen LogP contribution in [-0.4, -0.2) is 45.8 Å². The van der Waals surface area contributed by atoms with Crippen molar-refractivity contribution in [3.8, 4) is 0 Å². The van der Waals surface area contributed by atoms with E-state index < -0.39 is 0 Å². The van der Waals surface area contributed by atoms with Crippen molar-refractivity contribution in [1.29, 1.82) is 0 Å². The summed E-state index contributed by atoms with van der Waals surface area (Å²) < 4.78 is 28.5. The number of piperazine rings is 1. The topological polar surface area (TPSA) is 67.4 Å². The van der Waals surface area contributed by atoms with Crippen molar-refractivity contribution in [1.82, 2.24) is 14.7 Å². The van der Waals surface area contributed by atoms with Crippen LogP contribution in [0.5, 0.6) is 0 Å². The monoisotopic (exact) mass is 427 g/mol. The van der Waals surface area contributed by atoms with E-state index in [1.807, 2.05) is 4.90 Å². The molecule has 1 fully saturated rings. The zero-order valence-electron chi connectivity index (χ0n) is 17.3. The molecule has 1 aliphatic heterocycles. The molecule has 4 rings (SSSR count). The molecule has 3 aromatic rings. The number of halogens is 2. The normalized spacial score (nSPS) is 14.9. The molecule has 0 bridgehead atoms. The van der Waals surface area contributed by atoms with Crippen molar-refractivity contribution in [3.05, 3.63) is 87.1 Å². The lowest BCUT2D eigenvalue weighted by Crippen LogP contribution is -2.48. The second-order valence-corrected chi connectivity index (χ2v) is 7.67. The highest BCUT2D eigenvalue weighted by atomic mass is 19.1. The van der Waals surface area contributed by atoms with Gasteiger partial charge >= 0.3 is 5.69 Å². The highest BCUT2D eigenvalue weighted by Crippen LogP contribution is 2.34. The van der Waals surface area contributed by atoms with Gasteiger partial charge in [0.1, 0.15) is 17.3 Å². The van der Waals surface area contributed by atoms with Gasteiger partial charge in [-0.05, 0) is 42.3 Å². The summed E-state index contributed by atoms with van der Waals surface area (Å²) >= 11 is 0. The highest BCUT2D eigenvalue weighted by Gasteiger charge is 2.32. The Morgan fingerprint density at radius 3 is 1.87 bits per heavy atom. The molecule has 1 aliphatic rings. The number of aromatic nitrogens is 2. The highest BCUT2D eigenvalue weighted by molar-refractivity contribution is 5.61. The first-order chi connectivity index (χ1) is 14.8. The van der Waals surface area contributed by atoms with Gasteiger partial charge in [-0.25, -0.2) is 13.5 Å². The molecular formula is C22H23F2N5O2. The fourth-order valence-electron chi connectivity index (χ4n) is 4.30. The molecule has 7 nitrogen and oxygen atoms in total. The number of anilines is 1. The molecule has 0 radical (unpaired) electrons. The fourth-order valence-corrected chi connectivity index (χ4v) is 4.30. The minimum absolute atomic E-state index is 0.0320. The summed E-state index contributed by atoms with van der Waals surface area (Å²) in [4.78, 5) is 15.4. The molecule has 1 saturated heterocycles. The van der Waals surface area contributed by atoms with Crippen LogP contribution in [-0.2, 0) is 7.05 Å². The van der Waals surface area contributed by atoms with Crippen molar-refractivity contribution in [2.75, 3.05) is 31.1 Å². The van der Waals surface area contributed by atoms with Gasteiger partial charge in [-0.15, -0.1) is 0 Å². The van der Waals surface area contributed by atoms with Crippen LogP contribution in [0.3, 0.4) is 0 Å². The van der Waals surface area contributed by atoms with Crippen molar-refractivity contribution in [2.24, 2.45) is 7.05 Å². The summed E-state index contributed by atoms with van der Waals surface area (Å²) in [5.41, 5.74) is 2.23. The number of nitro groups is 1. The Morgan fingerprint density at radius 2 is 1.42 bits per heavy atom. The summed E-state index contributed by atoms with van der Waals surface area (Å²) in [5, 5.41) is 15.8. The van der Waals surface area contributed by atoms with Gasteiger partial charge in [0.15, 0.2) is 0 Å². The second-order valence-electron chi connectivity index (χ2n) is 7.67. The molecule has 0 N–H and O–H groups in total. The van der Waals surface area contributed by atoms with E-state index in [9.17, 15) is 18.9 Å². The van der Waals surface area contributed by atoms with Crippen LogP contribution in [0, 0.1) is 28.7 Å². The first-order valence-corrected chi connectivity index (χ1v) is 10.0. The molecule has 0 spiro atoms. The third-order valence-electron chi connectivity index (χ3n) is 5.69. The summed E-state index contributed by atoms with van der Waals surface area (Å²) in [7, 11) is 1.71. The number of nitrogens with zero attached hydrogens (tertiary/aromatic N) is 5. The van der Waals surface area contributed by atoms with Crippen LogP contribution in [0.1, 0.15) is 22.9 Å². The van der Waals surface area contributed by atoms with Gasteiger partial charge < -0.3 is 4.90 Å². The summed E-state index contributed by atoms with van der Waals surface area (Å²) in [5.74, 6) is -0.127. The van der Waals surface area contributed by atoms with Crippen LogP contribution in [0.25, 0.3) is 0 Å². The first-order valence-electron chi connectivity index (χ1n) is 10.0. The smallest absolute Gasteiger partial charge is 0.333 e. The Morgan fingerprint density at radius 1 is 0.935 bits per heavy atom. The van der Waals surface area contributed by atoms with Crippen LogP contribution in [0.2, 0.25) is 0 Å². The van der Waals surface area contributed by atoms with Gasteiger partial charge in [0.25, 0.3) is 0 Å². The maximum Gasteiger partial charge on any atom is 0.333 e. The van der Waals surface area contributed by atoms with E-state index in [0.717, 1.165) is 11.1 Å². The van der Waals surface area contributed by atoms with Crippen molar-refractivity contribution >= 4 is 11.5 Å². The van der Waals surface area contributed by atoms with Gasteiger partial charge in [-0.2, -0.15) is 5.10 Å². The van der Waals surface area contributed by atoms with E-state index in [1.54, 1.807) is 42.9 Å². The molecule has 0 amide bonds. The predicted octanol–water partition coefficient (Wildman–Crippen LogP) is 3.83. The van der Waals surface area contributed by atoms with Gasteiger partial charge in [-0.1, -0.05) is 24.3 Å². The van der Waals surface area contributed by atoms with E-state index in [0.29, 0.717) is 37.7 Å². The molecular weight excluding hydrogens is 404 g/mol. The van der Waals surface area contributed by atoms with Crippen LogP contribution in [0.4, 0.5) is 20.3 Å². The number of hydrogen-bond acceptors (Lipinski definition) is 5. The second kappa shape index (κ2) is 8.43. The number of rotatable bonds is 5. The molecule has 162 valence electrons. The summed E-state index contributed by atoms with van der Waals surface area (Å²) in [6.45, 7) is 4.02. The Kier molecular flexibility index (Phi) is 5.69. The molecule has 0 atom stereocenters. The molecule has 2 heterocycles. The van der Waals surface area contributed by atoms with Crippen LogP contribution in [0.15, 0.2) is 48.5 Å². The summed E-state index contributed by atoms with van der Waals surface area (Å²) in [6.07, 6.45) is 0. The Bertz CT molecular complexity index is 1030. The van der Waals surface area contributed by atoms with E-state index in [2.05, 4.69) is 10.00 Å². The van der Waals surface area contributed by atoms with E-state index >= 15 is 0 Å². The maximum atomic E-state index is 13.5. The van der Waals surface area contributed by atoms with E-state index in [-0.39, 0.29) is 28.3 Å².